The van der Waals surface area contributed by atoms with Crippen molar-refractivity contribution in [3.8, 4) is 5.75 Å². The molecule has 0 saturated heterocycles. The first-order valence-electron chi connectivity index (χ1n) is 13.6. The molecule has 1 heteroatoms. The molecule has 31 heavy (non-hydrogen) atoms. The summed E-state index contributed by atoms with van der Waals surface area (Å²) in [5.74, 6) is 3.78. The van der Waals surface area contributed by atoms with E-state index >= 15 is 0 Å². The minimum Gasteiger partial charge on any atom is -0.508 e. The van der Waals surface area contributed by atoms with Gasteiger partial charge in [0, 0.05) is 0 Å². The van der Waals surface area contributed by atoms with Crippen LogP contribution >= 0.6 is 0 Å². The summed E-state index contributed by atoms with van der Waals surface area (Å²) in [6.45, 7) is 14.1. The zero-order valence-corrected chi connectivity index (χ0v) is 21.8. The van der Waals surface area contributed by atoms with Crippen molar-refractivity contribution < 1.29 is 5.11 Å². The highest BCUT2D eigenvalue weighted by atomic mass is 16.3. The molecule has 0 fully saturated rings. The molecule has 3 atom stereocenters. The van der Waals surface area contributed by atoms with Crippen LogP contribution in [0.5, 0.6) is 5.75 Å². The zero-order valence-electron chi connectivity index (χ0n) is 21.8. The fourth-order valence-corrected chi connectivity index (χ4v) is 4.89. The van der Waals surface area contributed by atoms with Gasteiger partial charge in [-0.05, 0) is 54.1 Å². The van der Waals surface area contributed by atoms with Crippen LogP contribution in [-0.4, -0.2) is 5.11 Å². The topological polar surface area (TPSA) is 20.2 Å². The maximum absolute atomic E-state index is 10.5. The number of phenolic OH excluding ortho intramolecular Hbond substituents is 1. The van der Waals surface area contributed by atoms with E-state index in [0.29, 0.717) is 29.4 Å². The van der Waals surface area contributed by atoms with E-state index in [0.717, 1.165) is 5.92 Å². The van der Waals surface area contributed by atoms with Crippen LogP contribution in [0, 0.1) is 23.7 Å². The van der Waals surface area contributed by atoms with Gasteiger partial charge in [-0.1, -0.05) is 130 Å². The molecule has 0 heterocycles. The van der Waals surface area contributed by atoms with Gasteiger partial charge in [0.05, 0.1) is 0 Å². The first kappa shape index (κ1) is 28.1. The number of aromatic hydroxyl groups is 1. The first-order valence-corrected chi connectivity index (χ1v) is 13.6. The Balaban J connectivity index is 2.52. The summed E-state index contributed by atoms with van der Waals surface area (Å²) in [6.07, 6.45) is 17.8. The standard InChI is InChI=1S/C30H54O/c1-7-8-9-10-11-12-13-14-15-16-19-27(25(4)5)23-28(22-26(6)24(2)3)29-20-17-18-21-30(29)31/h17-18,20-21,24-28,31H,7-16,19,22-23H2,1-6H3. The Kier molecular flexibility index (Phi) is 15.0. The molecule has 180 valence electrons. The Morgan fingerprint density at radius 2 is 1.23 bits per heavy atom. The summed E-state index contributed by atoms with van der Waals surface area (Å²) in [4.78, 5) is 0. The average Bonchev–Trinajstić information content (AvgIpc) is 2.73. The largest absolute Gasteiger partial charge is 0.508 e. The second-order valence-corrected chi connectivity index (χ2v) is 10.9. The maximum atomic E-state index is 10.5. The number of hydrogen-bond acceptors (Lipinski definition) is 1. The van der Waals surface area contributed by atoms with Gasteiger partial charge in [-0.15, -0.1) is 0 Å². The van der Waals surface area contributed by atoms with Gasteiger partial charge in [-0.3, -0.25) is 0 Å². The van der Waals surface area contributed by atoms with E-state index in [-0.39, 0.29) is 0 Å². The van der Waals surface area contributed by atoms with Gasteiger partial charge in [-0.2, -0.15) is 0 Å². The number of para-hydroxylation sites is 1. The molecular formula is C30H54O. The predicted molar refractivity (Wildman–Crippen MR) is 139 cm³/mol. The average molecular weight is 431 g/mol. The number of rotatable bonds is 18. The third-order valence-electron chi connectivity index (χ3n) is 7.63. The fraction of sp³-hybridized carbons (Fsp3) is 0.800. The summed E-state index contributed by atoms with van der Waals surface area (Å²) in [5, 5.41) is 10.5. The van der Waals surface area contributed by atoms with Gasteiger partial charge in [0.1, 0.15) is 5.75 Å². The third-order valence-corrected chi connectivity index (χ3v) is 7.63. The smallest absolute Gasteiger partial charge is 0.119 e. The SMILES string of the molecule is CCCCCCCCCCCCC(CC(CC(C)C(C)C)c1ccccc1O)C(C)C. The second-order valence-electron chi connectivity index (χ2n) is 10.9. The van der Waals surface area contributed by atoms with E-state index in [2.05, 4.69) is 53.7 Å². The fourth-order valence-electron chi connectivity index (χ4n) is 4.89. The van der Waals surface area contributed by atoms with Crippen molar-refractivity contribution in [2.24, 2.45) is 23.7 Å². The summed E-state index contributed by atoms with van der Waals surface area (Å²) >= 11 is 0. The number of benzene rings is 1. The normalized spacial score (nSPS) is 14.8. The van der Waals surface area contributed by atoms with Gasteiger partial charge in [0.25, 0.3) is 0 Å². The molecule has 0 amide bonds. The lowest BCUT2D eigenvalue weighted by molar-refractivity contribution is 0.267. The zero-order chi connectivity index (χ0) is 23.1. The van der Waals surface area contributed by atoms with Crippen molar-refractivity contribution >= 4 is 0 Å². The molecular weight excluding hydrogens is 376 g/mol. The third kappa shape index (κ3) is 12.0. The molecule has 0 aliphatic carbocycles. The minimum atomic E-state index is 0.467. The van der Waals surface area contributed by atoms with Crippen molar-refractivity contribution in [2.45, 2.75) is 131 Å². The van der Waals surface area contributed by atoms with Crippen molar-refractivity contribution in [3.05, 3.63) is 29.8 Å². The number of phenols is 1. The van der Waals surface area contributed by atoms with Gasteiger partial charge < -0.3 is 5.11 Å². The van der Waals surface area contributed by atoms with Crippen molar-refractivity contribution in [2.75, 3.05) is 0 Å². The Morgan fingerprint density at radius 1 is 0.677 bits per heavy atom. The summed E-state index contributed by atoms with van der Waals surface area (Å²) in [7, 11) is 0. The van der Waals surface area contributed by atoms with Crippen LogP contribution in [0.1, 0.15) is 136 Å². The van der Waals surface area contributed by atoms with Gasteiger partial charge in [-0.25, -0.2) is 0 Å². The van der Waals surface area contributed by atoms with Crippen molar-refractivity contribution in [3.63, 3.8) is 0 Å². The van der Waals surface area contributed by atoms with Crippen LogP contribution in [0.25, 0.3) is 0 Å². The van der Waals surface area contributed by atoms with E-state index in [4.69, 9.17) is 0 Å². The molecule has 1 aromatic carbocycles. The van der Waals surface area contributed by atoms with E-state index in [9.17, 15) is 5.11 Å². The van der Waals surface area contributed by atoms with Crippen LogP contribution in [0.3, 0.4) is 0 Å². The quantitative estimate of drug-likeness (QED) is 0.230. The number of unbranched alkanes of at least 4 members (excludes halogenated alkanes) is 9. The van der Waals surface area contributed by atoms with Gasteiger partial charge in [0.15, 0.2) is 0 Å². The predicted octanol–water partition coefficient (Wildman–Crippen LogP) is 10.1. The minimum absolute atomic E-state index is 0.467. The Hall–Kier alpha value is -0.980. The van der Waals surface area contributed by atoms with Crippen LogP contribution in [0.4, 0.5) is 0 Å². The lowest BCUT2D eigenvalue weighted by atomic mass is 9.75. The summed E-state index contributed by atoms with van der Waals surface area (Å²) in [6, 6.07) is 8.07. The van der Waals surface area contributed by atoms with Crippen LogP contribution in [0.2, 0.25) is 0 Å². The number of hydrogen-bond donors (Lipinski definition) is 1. The monoisotopic (exact) mass is 430 g/mol. The maximum Gasteiger partial charge on any atom is 0.119 e. The van der Waals surface area contributed by atoms with Crippen molar-refractivity contribution in [1.82, 2.24) is 0 Å². The van der Waals surface area contributed by atoms with Crippen LogP contribution < -0.4 is 0 Å². The molecule has 0 spiro atoms. The highest BCUT2D eigenvalue weighted by Crippen LogP contribution is 2.39. The molecule has 0 aromatic heterocycles. The van der Waals surface area contributed by atoms with Crippen LogP contribution in [0.15, 0.2) is 24.3 Å². The molecule has 1 aromatic rings. The molecule has 1 nitrogen and oxygen atoms in total. The van der Waals surface area contributed by atoms with Gasteiger partial charge >= 0.3 is 0 Å². The molecule has 1 N–H and O–H groups in total. The first-order chi connectivity index (χ1) is 14.9. The van der Waals surface area contributed by atoms with E-state index < -0.39 is 0 Å². The molecule has 0 bridgehead atoms. The summed E-state index contributed by atoms with van der Waals surface area (Å²) in [5.41, 5.74) is 1.17. The molecule has 0 saturated carbocycles. The van der Waals surface area contributed by atoms with E-state index in [1.807, 2.05) is 12.1 Å². The van der Waals surface area contributed by atoms with E-state index in [1.54, 1.807) is 0 Å². The highest BCUT2D eigenvalue weighted by Gasteiger charge is 2.25. The Labute approximate surface area is 195 Å². The molecule has 3 unspecified atom stereocenters. The molecule has 0 aliphatic heterocycles. The molecule has 0 aliphatic rings. The second kappa shape index (κ2) is 16.6. The Bertz CT molecular complexity index is 547. The van der Waals surface area contributed by atoms with Crippen molar-refractivity contribution in [1.29, 1.82) is 0 Å². The molecule has 0 radical (unpaired) electrons. The van der Waals surface area contributed by atoms with E-state index in [1.165, 1.54) is 89.0 Å². The molecule has 1 rings (SSSR count). The Morgan fingerprint density at radius 3 is 1.74 bits per heavy atom. The lowest BCUT2D eigenvalue weighted by Crippen LogP contribution is -2.17. The lowest BCUT2D eigenvalue weighted by Gasteiger charge is -2.30. The van der Waals surface area contributed by atoms with Crippen LogP contribution in [-0.2, 0) is 0 Å². The highest BCUT2D eigenvalue weighted by molar-refractivity contribution is 5.35. The summed E-state index contributed by atoms with van der Waals surface area (Å²) < 4.78 is 0. The van der Waals surface area contributed by atoms with Gasteiger partial charge in [0.2, 0.25) is 0 Å².